The lowest BCUT2D eigenvalue weighted by Gasteiger charge is -2.36. The number of anilines is 1. The van der Waals surface area contributed by atoms with Gasteiger partial charge >= 0.3 is 23.6 Å². The number of aliphatic carboxylic acids is 3. The van der Waals surface area contributed by atoms with E-state index in [4.69, 9.17) is 25.2 Å². The van der Waals surface area contributed by atoms with Crippen LogP contribution in [-0.2, 0) is 35.0 Å². The summed E-state index contributed by atoms with van der Waals surface area (Å²) in [5, 5.41) is 33.8. The maximum absolute atomic E-state index is 12.6. The number of rotatable bonds is 10. The van der Waals surface area contributed by atoms with E-state index in [1.54, 1.807) is 20.5 Å². The van der Waals surface area contributed by atoms with Gasteiger partial charge in [0.15, 0.2) is 16.8 Å². The van der Waals surface area contributed by atoms with Gasteiger partial charge in [0, 0.05) is 53.4 Å². The number of carboxylic acid groups (broad SMARTS) is 3. The molecule has 228 valence electrons. The molecular weight excluding hydrogens is 556 g/mol. The number of hydrogen-bond donors (Lipinski definition) is 4. The van der Waals surface area contributed by atoms with Gasteiger partial charge in [-0.15, -0.1) is 0 Å². The van der Waals surface area contributed by atoms with Gasteiger partial charge in [-0.05, 0) is 12.1 Å². The lowest BCUT2D eigenvalue weighted by atomic mass is 9.96. The molecule has 4 N–H and O–H groups in total. The average Bonchev–Trinajstić information content (AvgIpc) is 3.37. The minimum atomic E-state index is -2.74. The first kappa shape index (κ1) is 31.8. The van der Waals surface area contributed by atoms with Crippen molar-refractivity contribution in [3.8, 4) is 5.75 Å². The molecule has 0 saturated carbocycles. The highest BCUT2D eigenvalue weighted by molar-refractivity contribution is 5.88. The minimum Gasteiger partial charge on any atom is -0.495 e. The van der Waals surface area contributed by atoms with Crippen LogP contribution in [0.2, 0.25) is 0 Å². The summed E-state index contributed by atoms with van der Waals surface area (Å²) >= 11 is 0. The van der Waals surface area contributed by atoms with Crippen molar-refractivity contribution in [3.05, 3.63) is 51.4 Å². The number of para-hydroxylation sites is 2. The van der Waals surface area contributed by atoms with E-state index in [2.05, 4.69) is 20.9 Å². The molecule has 1 aliphatic rings. The smallest absolute Gasteiger partial charge is 0.336 e. The highest BCUT2D eigenvalue weighted by atomic mass is 16.5. The van der Waals surface area contributed by atoms with Crippen LogP contribution in [0, 0.1) is 0 Å². The largest absolute Gasteiger partial charge is 0.495 e. The van der Waals surface area contributed by atoms with Crippen molar-refractivity contribution in [3.63, 3.8) is 0 Å². The fraction of sp³-hybridized carbons (Fsp3) is 0.462. The second-order valence-corrected chi connectivity index (χ2v) is 9.79. The summed E-state index contributed by atoms with van der Waals surface area (Å²) < 4.78 is 9.88. The van der Waals surface area contributed by atoms with Gasteiger partial charge < -0.3 is 34.6 Å². The lowest BCUT2D eigenvalue weighted by molar-refractivity contribution is -0.170. The maximum Gasteiger partial charge on any atom is 0.336 e. The Labute approximate surface area is 239 Å². The third kappa shape index (κ3) is 7.13. The monoisotopic (exact) mass is 590 g/mol. The second kappa shape index (κ2) is 13.3. The van der Waals surface area contributed by atoms with E-state index in [0.29, 0.717) is 17.7 Å². The van der Waals surface area contributed by atoms with E-state index in [9.17, 15) is 24.0 Å². The molecule has 1 aromatic carbocycles. The van der Waals surface area contributed by atoms with Crippen molar-refractivity contribution in [2.45, 2.75) is 25.0 Å². The Hall–Kier alpha value is -4.70. The van der Waals surface area contributed by atoms with Crippen LogP contribution in [0.25, 0.3) is 11.2 Å². The fourth-order valence-electron chi connectivity index (χ4n) is 4.63. The predicted octanol–water partition coefficient (Wildman–Crippen LogP) is -0.984. The first-order valence-corrected chi connectivity index (χ1v) is 12.9. The Morgan fingerprint density at radius 3 is 2.07 bits per heavy atom. The topological polar surface area (TPSA) is 210 Å². The summed E-state index contributed by atoms with van der Waals surface area (Å²) in [5.74, 6) is -4.12. The molecule has 2 aromatic heterocycles. The zero-order valence-electron chi connectivity index (χ0n) is 23.5. The molecular formula is C26H34N6O10. The molecule has 16 heteroatoms. The predicted molar refractivity (Wildman–Crippen MR) is 149 cm³/mol. The number of piperazine rings is 1. The van der Waals surface area contributed by atoms with Crippen LogP contribution in [0.15, 0.2) is 40.2 Å². The molecule has 16 nitrogen and oxygen atoms in total. The zero-order valence-corrected chi connectivity index (χ0v) is 23.5. The molecule has 1 saturated heterocycles. The number of imidazole rings is 1. The molecule has 0 spiro atoms. The quantitative estimate of drug-likeness (QED) is 0.224. The third-order valence-corrected chi connectivity index (χ3v) is 6.96. The number of aryl methyl sites for hydroxylation is 1. The highest BCUT2D eigenvalue weighted by Gasteiger charge is 2.40. The SMILES string of the molecule is COc1ccccc1N1CCN(CCn2cnc3c2c(=O)n(C)c(=O)n3C)CC1.O=C(O)CC(O)(CC(=O)O)C(=O)O. The Balaban J connectivity index is 0.000000316. The molecule has 3 aromatic rings. The van der Waals surface area contributed by atoms with Gasteiger partial charge in [-0.3, -0.25) is 28.4 Å². The molecule has 0 bridgehead atoms. The van der Waals surface area contributed by atoms with Crippen LogP contribution in [-0.4, -0.2) is 107 Å². The molecule has 0 atom stereocenters. The number of carboxylic acids is 3. The molecule has 0 radical (unpaired) electrons. The van der Waals surface area contributed by atoms with Crippen molar-refractivity contribution >= 4 is 34.8 Å². The summed E-state index contributed by atoms with van der Waals surface area (Å²) in [4.78, 5) is 64.1. The van der Waals surface area contributed by atoms with Crippen molar-refractivity contribution in [1.29, 1.82) is 0 Å². The number of benzene rings is 1. The first-order valence-electron chi connectivity index (χ1n) is 12.9. The number of hydrogen-bond acceptors (Lipinski definition) is 10. The van der Waals surface area contributed by atoms with Gasteiger partial charge in [0.25, 0.3) is 5.56 Å². The zero-order chi connectivity index (χ0) is 31.2. The van der Waals surface area contributed by atoms with Crippen molar-refractivity contribution < 1.29 is 39.5 Å². The van der Waals surface area contributed by atoms with Crippen LogP contribution >= 0.6 is 0 Å². The summed E-state index contributed by atoms with van der Waals surface area (Å²) in [6.07, 6.45) is -0.639. The number of nitrogens with zero attached hydrogens (tertiary/aromatic N) is 6. The molecule has 1 aliphatic heterocycles. The Morgan fingerprint density at radius 2 is 1.52 bits per heavy atom. The van der Waals surface area contributed by atoms with Crippen LogP contribution in [0.1, 0.15) is 12.8 Å². The number of fused-ring (bicyclic) bond motifs is 1. The molecule has 4 rings (SSSR count). The van der Waals surface area contributed by atoms with Crippen molar-refractivity contribution in [2.75, 3.05) is 44.7 Å². The van der Waals surface area contributed by atoms with Crippen LogP contribution in [0.4, 0.5) is 5.69 Å². The number of ether oxygens (including phenoxy) is 1. The normalized spacial score (nSPS) is 13.9. The van der Waals surface area contributed by atoms with Gasteiger partial charge in [0.2, 0.25) is 0 Å². The van der Waals surface area contributed by atoms with E-state index < -0.39 is 36.4 Å². The van der Waals surface area contributed by atoms with Gasteiger partial charge in [0.1, 0.15) is 5.75 Å². The maximum atomic E-state index is 12.6. The molecule has 3 heterocycles. The van der Waals surface area contributed by atoms with E-state index in [-0.39, 0.29) is 11.2 Å². The van der Waals surface area contributed by atoms with Crippen LogP contribution < -0.4 is 20.9 Å². The van der Waals surface area contributed by atoms with Gasteiger partial charge in [-0.1, -0.05) is 12.1 Å². The van der Waals surface area contributed by atoms with E-state index >= 15 is 0 Å². The molecule has 1 fully saturated rings. The Bertz CT molecular complexity index is 1550. The van der Waals surface area contributed by atoms with E-state index in [1.807, 2.05) is 22.8 Å². The van der Waals surface area contributed by atoms with E-state index in [1.165, 1.54) is 11.6 Å². The second-order valence-electron chi connectivity index (χ2n) is 9.79. The van der Waals surface area contributed by atoms with Crippen LogP contribution in [0.3, 0.4) is 0 Å². The van der Waals surface area contributed by atoms with Crippen molar-refractivity contribution in [2.24, 2.45) is 14.1 Å². The molecule has 42 heavy (non-hydrogen) atoms. The van der Waals surface area contributed by atoms with E-state index in [0.717, 1.165) is 48.7 Å². The fourth-order valence-corrected chi connectivity index (χ4v) is 4.63. The van der Waals surface area contributed by atoms with Crippen molar-refractivity contribution in [1.82, 2.24) is 23.6 Å². The number of carbonyl (C=O) groups is 3. The summed E-state index contributed by atoms with van der Waals surface area (Å²) in [7, 11) is 4.83. The van der Waals surface area contributed by atoms with Gasteiger partial charge in [-0.2, -0.15) is 0 Å². The molecule has 0 amide bonds. The average molecular weight is 591 g/mol. The molecule has 0 aliphatic carbocycles. The summed E-state index contributed by atoms with van der Waals surface area (Å²) in [6.45, 7) is 5.17. The molecule has 0 unspecified atom stereocenters. The lowest BCUT2D eigenvalue weighted by Crippen LogP contribution is -2.47. The summed E-state index contributed by atoms with van der Waals surface area (Å²) in [5.41, 5.74) is -1.37. The summed E-state index contributed by atoms with van der Waals surface area (Å²) in [6, 6.07) is 8.09. The van der Waals surface area contributed by atoms with Gasteiger partial charge in [0.05, 0.1) is 32.0 Å². The standard InChI is InChI=1S/C20H26N6O3.C6H8O7/c1-22-18-17(19(27)23(2)20(22)28)26(14-21-18)13-10-24-8-11-25(12-9-24)15-6-4-5-7-16(15)29-3;7-3(8)1-6(13,5(11)12)2-4(9)10/h4-7,14H,8-13H2,1-3H3;13H,1-2H2,(H,7,8)(H,9,10)(H,11,12). The third-order valence-electron chi connectivity index (χ3n) is 6.96. The number of aromatic nitrogens is 4. The Morgan fingerprint density at radius 1 is 0.929 bits per heavy atom. The number of aliphatic hydroxyl groups is 1. The highest BCUT2D eigenvalue weighted by Crippen LogP contribution is 2.28. The minimum absolute atomic E-state index is 0.304. The van der Waals surface area contributed by atoms with Crippen LogP contribution in [0.5, 0.6) is 5.75 Å². The van der Waals surface area contributed by atoms with Gasteiger partial charge in [-0.25, -0.2) is 14.6 Å². The first-order chi connectivity index (χ1) is 19.8. The Kier molecular flexibility index (Phi) is 10.1. The number of methoxy groups -OCH3 is 1.